The van der Waals surface area contributed by atoms with Crippen LogP contribution in [0.1, 0.15) is 73.1 Å². The number of carbonyl (C=O) groups is 2. The van der Waals surface area contributed by atoms with E-state index >= 15 is 0 Å². The molecule has 0 radical (unpaired) electrons. The molecule has 2 aliphatic carbocycles. The number of rotatable bonds is 4. The molecule has 2 atom stereocenters. The lowest BCUT2D eigenvalue weighted by molar-refractivity contribution is -0.131. The lowest BCUT2D eigenvalue weighted by atomic mass is 9.49. The summed E-state index contributed by atoms with van der Waals surface area (Å²) in [5.74, 6) is -0.202. The van der Waals surface area contributed by atoms with Crippen LogP contribution >= 0.6 is 0 Å². The van der Waals surface area contributed by atoms with Gasteiger partial charge in [-0.15, -0.1) is 0 Å². The molecule has 0 aliphatic heterocycles. The number of ketones is 1. The molecular formula is C20H30O3. The Morgan fingerprint density at radius 1 is 1.30 bits per heavy atom. The van der Waals surface area contributed by atoms with Crippen molar-refractivity contribution in [2.45, 2.75) is 73.1 Å². The Bertz CT molecular complexity index is 580. The zero-order valence-corrected chi connectivity index (χ0v) is 15.2. The second kappa shape index (κ2) is 6.26. The van der Waals surface area contributed by atoms with E-state index in [2.05, 4.69) is 20.8 Å². The summed E-state index contributed by atoms with van der Waals surface area (Å²) < 4.78 is 0. The molecule has 0 bridgehead atoms. The van der Waals surface area contributed by atoms with Crippen LogP contribution in [0.3, 0.4) is 0 Å². The fourth-order valence-corrected chi connectivity index (χ4v) is 5.00. The summed E-state index contributed by atoms with van der Waals surface area (Å²) in [6.45, 7) is 10.8. The fraction of sp³-hybridized carbons (Fsp3) is 0.700. The standard InChI is InChI=1S/C20H30O3/c1-13(11-18(22)23)7-8-15-14(2)16(21)12-17-19(3,4)9-6-10-20(15,17)5/h11,17H,6-10,12H2,1-5H3,(H,22,23)/b13-11+/t17?,20-/m1/s1. The van der Waals surface area contributed by atoms with Crippen LogP contribution in [-0.2, 0) is 9.59 Å². The van der Waals surface area contributed by atoms with E-state index in [1.165, 1.54) is 24.5 Å². The van der Waals surface area contributed by atoms with Gasteiger partial charge >= 0.3 is 5.97 Å². The molecule has 0 aromatic rings. The lowest BCUT2D eigenvalue weighted by Gasteiger charge is -2.54. The van der Waals surface area contributed by atoms with Gasteiger partial charge in [-0.3, -0.25) is 4.79 Å². The summed E-state index contributed by atoms with van der Waals surface area (Å²) in [6, 6.07) is 0. The number of carbonyl (C=O) groups excluding carboxylic acids is 1. The first-order valence-corrected chi connectivity index (χ1v) is 8.71. The van der Waals surface area contributed by atoms with Gasteiger partial charge < -0.3 is 5.11 Å². The molecule has 1 N–H and O–H groups in total. The van der Waals surface area contributed by atoms with Crippen molar-refractivity contribution in [2.75, 3.05) is 0 Å². The molecule has 0 heterocycles. The predicted molar refractivity (Wildman–Crippen MR) is 92.2 cm³/mol. The highest BCUT2D eigenvalue weighted by atomic mass is 16.4. The Kier molecular flexibility index (Phi) is 4.89. The molecule has 1 unspecified atom stereocenters. The normalized spacial score (nSPS) is 31.1. The molecule has 0 aromatic carbocycles. The van der Waals surface area contributed by atoms with Gasteiger partial charge in [-0.05, 0) is 61.9 Å². The van der Waals surface area contributed by atoms with Crippen LogP contribution in [0.25, 0.3) is 0 Å². The molecular weight excluding hydrogens is 288 g/mol. The Morgan fingerprint density at radius 2 is 1.96 bits per heavy atom. The maximum atomic E-state index is 12.5. The summed E-state index contributed by atoms with van der Waals surface area (Å²) >= 11 is 0. The number of aliphatic carboxylic acids is 1. The Balaban J connectivity index is 2.33. The molecule has 0 spiro atoms. The van der Waals surface area contributed by atoms with E-state index in [1.807, 2.05) is 13.8 Å². The van der Waals surface area contributed by atoms with Crippen molar-refractivity contribution < 1.29 is 14.7 Å². The van der Waals surface area contributed by atoms with E-state index in [9.17, 15) is 9.59 Å². The van der Waals surface area contributed by atoms with E-state index in [1.54, 1.807) is 0 Å². The quantitative estimate of drug-likeness (QED) is 0.749. The topological polar surface area (TPSA) is 54.4 Å². The van der Waals surface area contributed by atoms with Crippen LogP contribution in [-0.4, -0.2) is 16.9 Å². The third-order valence-electron chi connectivity index (χ3n) is 6.32. The molecule has 3 heteroatoms. The number of allylic oxidation sites excluding steroid dienone is 3. The van der Waals surface area contributed by atoms with Crippen molar-refractivity contribution in [2.24, 2.45) is 16.7 Å². The Hall–Kier alpha value is -1.38. The molecule has 3 nitrogen and oxygen atoms in total. The van der Waals surface area contributed by atoms with Crippen LogP contribution in [0.15, 0.2) is 22.8 Å². The first-order valence-electron chi connectivity index (χ1n) is 8.71. The van der Waals surface area contributed by atoms with Gasteiger partial charge in [-0.1, -0.05) is 38.3 Å². The highest BCUT2D eigenvalue weighted by Crippen LogP contribution is 2.59. The molecule has 1 saturated carbocycles. The smallest absolute Gasteiger partial charge is 0.328 e. The molecule has 1 fully saturated rings. The largest absolute Gasteiger partial charge is 0.478 e. The highest BCUT2D eigenvalue weighted by Gasteiger charge is 2.51. The summed E-state index contributed by atoms with van der Waals surface area (Å²) in [6.07, 6.45) is 7.00. The number of carboxylic acids is 1. The molecule has 0 aromatic heterocycles. The van der Waals surface area contributed by atoms with E-state index in [0.29, 0.717) is 12.3 Å². The SMILES string of the molecule is CC1=C(CC/C(C)=C/C(=O)O)[C@@]2(C)CCCC(C)(C)C2CC1=O. The van der Waals surface area contributed by atoms with E-state index in [4.69, 9.17) is 5.11 Å². The van der Waals surface area contributed by atoms with Gasteiger partial charge in [-0.2, -0.15) is 0 Å². The van der Waals surface area contributed by atoms with Crippen LogP contribution in [0.5, 0.6) is 0 Å². The van der Waals surface area contributed by atoms with Gasteiger partial charge in [0, 0.05) is 12.5 Å². The van der Waals surface area contributed by atoms with Gasteiger partial charge in [0.1, 0.15) is 0 Å². The summed E-state index contributed by atoms with van der Waals surface area (Å²) in [5.41, 5.74) is 3.37. The zero-order chi connectivity index (χ0) is 17.4. The summed E-state index contributed by atoms with van der Waals surface area (Å²) in [7, 11) is 0. The average Bonchev–Trinajstić information content (AvgIpc) is 2.40. The van der Waals surface area contributed by atoms with Crippen molar-refractivity contribution in [3.8, 4) is 0 Å². The zero-order valence-electron chi connectivity index (χ0n) is 15.2. The molecule has 0 amide bonds. The van der Waals surface area contributed by atoms with E-state index in [-0.39, 0.29) is 16.6 Å². The molecule has 128 valence electrons. The minimum absolute atomic E-state index is 0.0866. The number of carboxylic acid groups (broad SMARTS) is 1. The van der Waals surface area contributed by atoms with E-state index < -0.39 is 5.97 Å². The summed E-state index contributed by atoms with van der Waals surface area (Å²) in [5, 5.41) is 8.88. The number of fused-ring (bicyclic) bond motifs is 1. The van der Waals surface area contributed by atoms with Crippen molar-refractivity contribution in [3.05, 3.63) is 22.8 Å². The predicted octanol–water partition coefficient (Wildman–Crippen LogP) is 4.92. The minimum Gasteiger partial charge on any atom is -0.478 e. The highest BCUT2D eigenvalue weighted by molar-refractivity contribution is 5.97. The first-order chi connectivity index (χ1) is 10.6. The third-order valence-corrected chi connectivity index (χ3v) is 6.32. The van der Waals surface area contributed by atoms with Crippen LogP contribution in [0.2, 0.25) is 0 Å². The Labute approximate surface area is 139 Å². The molecule has 2 rings (SSSR count). The Morgan fingerprint density at radius 3 is 2.57 bits per heavy atom. The maximum absolute atomic E-state index is 12.5. The van der Waals surface area contributed by atoms with Crippen LogP contribution < -0.4 is 0 Å². The average molecular weight is 318 g/mol. The first kappa shape index (κ1) is 18.0. The minimum atomic E-state index is -0.893. The second-order valence-electron chi connectivity index (χ2n) is 8.37. The fourth-order valence-electron chi connectivity index (χ4n) is 5.00. The third kappa shape index (κ3) is 3.44. The number of hydrogen-bond acceptors (Lipinski definition) is 2. The van der Waals surface area contributed by atoms with Crippen molar-refractivity contribution in [1.29, 1.82) is 0 Å². The van der Waals surface area contributed by atoms with Gasteiger partial charge in [0.25, 0.3) is 0 Å². The van der Waals surface area contributed by atoms with Crippen LogP contribution in [0.4, 0.5) is 0 Å². The molecule has 23 heavy (non-hydrogen) atoms. The van der Waals surface area contributed by atoms with Crippen molar-refractivity contribution >= 4 is 11.8 Å². The van der Waals surface area contributed by atoms with Crippen molar-refractivity contribution in [3.63, 3.8) is 0 Å². The number of Topliss-reactive ketones (excluding diaryl/α,β-unsaturated/α-hetero) is 1. The molecule has 0 saturated heterocycles. The van der Waals surface area contributed by atoms with Crippen molar-refractivity contribution in [1.82, 2.24) is 0 Å². The van der Waals surface area contributed by atoms with E-state index in [0.717, 1.165) is 30.4 Å². The van der Waals surface area contributed by atoms with Gasteiger partial charge in [-0.25, -0.2) is 4.79 Å². The second-order valence-corrected chi connectivity index (χ2v) is 8.37. The summed E-state index contributed by atoms with van der Waals surface area (Å²) in [4.78, 5) is 23.4. The molecule has 2 aliphatic rings. The maximum Gasteiger partial charge on any atom is 0.328 e. The monoisotopic (exact) mass is 318 g/mol. The number of hydrogen-bond donors (Lipinski definition) is 1. The lowest BCUT2D eigenvalue weighted by Crippen LogP contribution is -2.47. The van der Waals surface area contributed by atoms with Crippen LogP contribution in [0, 0.1) is 16.7 Å². The van der Waals surface area contributed by atoms with Gasteiger partial charge in [0.05, 0.1) is 0 Å². The van der Waals surface area contributed by atoms with Gasteiger partial charge in [0.2, 0.25) is 0 Å². The van der Waals surface area contributed by atoms with Gasteiger partial charge in [0.15, 0.2) is 5.78 Å².